The first-order valence-electron chi connectivity index (χ1n) is 6.65. The van der Waals surface area contributed by atoms with Crippen LogP contribution >= 0.6 is 0 Å². The van der Waals surface area contributed by atoms with E-state index in [0.717, 1.165) is 5.92 Å². The molecule has 0 amide bonds. The second kappa shape index (κ2) is 5.54. The van der Waals surface area contributed by atoms with Crippen LogP contribution in [0.5, 0.6) is 0 Å². The number of piperidine rings is 1. The third-order valence-electron chi connectivity index (χ3n) is 3.64. The number of rotatable bonds is 3. The minimum atomic E-state index is 0.849. The summed E-state index contributed by atoms with van der Waals surface area (Å²) in [6.07, 6.45) is 2.63. The first kappa shape index (κ1) is 12.4. The van der Waals surface area contributed by atoms with Crippen molar-refractivity contribution in [2.45, 2.75) is 26.7 Å². The highest BCUT2D eigenvalue weighted by Crippen LogP contribution is 2.21. The Labute approximate surface area is 105 Å². The maximum Gasteiger partial charge on any atom is 0.0369 e. The molecule has 1 aliphatic heterocycles. The Kier molecular flexibility index (Phi) is 4.06. The second-order valence-corrected chi connectivity index (χ2v) is 5.42. The van der Waals surface area contributed by atoms with Gasteiger partial charge in [-0.25, -0.2) is 0 Å². The Morgan fingerprint density at radius 2 is 1.71 bits per heavy atom. The van der Waals surface area contributed by atoms with Crippen LogP contribution in [-0.4, -0.2) is 26.7 Å². The third kappa shape index (κ3) is 3.47. The number of nitrogens with one attached hydrogen (secondary N) is 1. The maximum absolute atomic E-state index is 3.43. The molecule has 0 unspecified atom stereocenters. The van der Waals surface area contributed by atoms with Crippen molar-refractivity contribution in [1.29, 1.82) is 0 Å². The van der Waals surface area contributed by atoms with E-state index >= 15 is 0 Å². The molecule has 1 aromatic rings. The van der Waals surface area contributed by atoms with Gasteiger partial charge in [0.1, 0.15) is 0 Å². The van der Waals surface area contributed by atoms with Crippen LogP contribution < -0.4 is 10.2 Å². The Bertz CT molecular complexity index is 347. The van der Waals surface area contributed by atoms with Gasteiger partial charge in [0, 0.05) is 19.3 Å². The van der Waals surface area contributed by atoms with Crippen molar-refractivity contribution < 1.29 is 0 Å². The number of hydrogen-bond donors (Lipinski definition) is 1. The number of nitrogens with zero attached hydrogens (tertiary/aromatic N) is 1. The minimum Gasteiger partial charge on any atom is -0.374 e. The van der Waals surface area contributed by atoms with E-state index in [-0.39, 0.29) is 0 Å². The molecule has 1 fully saturated rings. The largest absolute Gasteiger partial charge is 0.374 e. The van der Waals surface area contributed by atoms with Crippen LogP contribution in [0.2, 0.25) is 0 Å². The minimum absolute atomic E-state index is 0.849. The summed E-state index contributed by atoms with van der Waals surface area (Å²) in [7, 11) is 2.22. The van der Waals surface area contributed by atoms with Crippen molar-refractivity contribution in [3.8, 4) is 0 Å². The average Bonchev–Trinajstić information content (AvgIpc) is 2.29. The molecule has 1 heterocycles. The molecule has 1 aliphatic rings. The molecule has 17 heavy (non-hydrogen) atoms. The van der Waals surface area contributed by atoms with Crippen molar-refractivity contribution in [2.75, 3.05) is 31.6 Å². The molecule has 2 nitrogen and oxygen atoms in total. The summed E-state index contributed by atoms with van der Waals surface area (Å²) < 4.78 is 0. The lowest BCUT2D eigenvalue weighted by atomic mass is 9.97. The Morgan fingerprint density at radius 1 is 1.12 bits per heavy atom. The molecule has 0 aromatic heterocycles. The monoisotopic (exact) mass is 232 g/mol. The van der Waals surface area contributed by atoms with E-state index in [4.69, 9.17) is 0 Å². The highest BCUT2D eigenvalue weighted by Gasteiger charge is 2.15. The highest BCUT2D eigenvalue weighted by atomic mass is 15.1. The van der Waals surface area contributed by atoms with Crippen LogP contribution in [0, 0.1) is 19.8 Å². The zero-order chi connectivity index (χ0) is 12.3. The van der Waals surface area contributed by atoms with E-state index < -0.39 is 0 Å². The molecule has 1 aromatic carbocycles. The van der Waals surface area contributed by atoms with Crippen LogP contribution in [0.15, 0.2) is 18.2 Å². The fourth-order valence-electron chi connectivity index (χ4n) is 2.73. The van der Waals surface area contributed by atoms with Crippen molar-refractivity contribution in [3.05, 3.63) is 29.3 Å². The van der Waals surface area contributed by atoms with Gasteiger partial charge >= 0.3 is 0 Å². The van der Waals surface area contributed by atoms with Crippen LogP contribution in [0.4, 0.5) is 5.69 Å². The normalized spacial score (nSPS) is 17.1. The van der Waals surface area contributed by atoms with Gasteiger partial charge in [-0.15, -0.1) is 0 Å². The summed E-state index contributed by atoms with van der Waals surface area (Å²) in [6.45, 7) is 7.91. The summed E-state index contributed by atoms with van der Waals surface area (Å²) >= 11 is 0. The Balaban J connectivity index is 2.00. The van der Waals surface area contributed by atoms with Crippen LogP contribution in [0.1, 0.15) is 24.0 Å². The lowest BCUT2D eigenvalue weighted by molar-refractivity contribution is 0.378. The zero-order valence-corrected chi connectivity index (χ0v) is 11.3. The van der Waals surface area contributed by atoms with Gasteiger partial charge in [-0.1, -0.05) is 6.07 Å². The fraction of sp³-hybridized carbons (Fsp3) is 0.600. The lowest BCUT2D eigenvalue weighted by Crippen LogP contribution is -2.34. The molecule has 1 N–H and O–H groups in total. The maximum atomic E-state index is 3.43. The van der Waals surface area contributed by atoms with Crippen molar-refractivity contribution in [3.63, 3.8) is 0 Å². The van der Waals surface area contributed by atoms with Crippen molar-refractivity contribution >= 4 is 5.69 Å². The Hall–Kier alpha value is -1.02. The summed E-state index contributed by atoms with van der Waals surface area (Å²) in [6, 6.07) is 6.81. The predicted molar refractivity (Wildman–Crippen MR) is 74.8 cm³/mol. The number of aryl methyl sites for hydroxylation is 2. The number of benzene rings is 1. The molecule has 0 bridgehead atoms. The van der Waals surface area contributed by atoms with E-state index in [9.17, 15) is 0 Å². The zero-order valence-electron chi connectivity index (χ0n) is 11.3. The molecular formula is C15H24N2. The van der Waals surface area contributed by atoms with Gasteiger partial charge in [0.15, 0.2) is 0 Å². The fourth-order valence-corrected chi connectivity index (χ4v) is 2.73. The second-order valence-electron chi connectivity index (χ2n) is 5.42. The number of hydrogen-bond acceptors (Lipinski definition) is 2. The molecule has 94 valence electrons. The molecule has 2 rings (SSSR count). The third-order valence-corrected chi connectivity index (χ3v) is 3.64. The molecule has 0 aliphatic carbocycles. The molecular weight excluding hydrogens is 208 g/mol. The predicted octanol–water partition coefficient (Wildman–Crippen LogP) is 2.74. The van der Waals surface area contributed by atoms with Crippen LogP contribution in [0.25, 0.3) is 0 Å². The topological polar surface area (TPSA) is 15.3 Å². The Morgan fingerprint density at radius 3 is 2.29 bits per heavy atom. The smallest absolute Gasteiger partial charge is 0.0369 e. The standard InChI is InChI=1S/C15H24N2/c1-12-8-13(2)10-15(9-12)17(3)11-14-4-6-16-7-5-14/h8-10,14,16H,4-7,11H2,1-3H3. The van der Waals surface area contributed by atoms with E-state index in [1.165, 1.54) is 49.3 Å². The molecule has 2 heteroatoms. The number of anilines is 1. The van der Waals surface area contributed by atoms with Crippen LogP contribution in [-0.2, 0) is 0 Å². The quantitative estimate of drug-likeness (QED) is 0.862. The van der Waals surface area contributed by atoms with Gasteiger partial charge in [0.05, 0.1) is 0 Å². The summed E-state index contributed by atoms with van der Waals surface area (Å²) in [4.78, 5) is 2.41. The van der Waals surface area contributed by atoms with Gasteiger partial charge in [0.2, 0.25) is 0 Å². The molecule has 1 saturated heterocycles. The molecule has 0 spiro atoms. The van der Waals surface area contributed by atoms with Crippen molar-refractivity contribution in [2.24, 2.45) is 5.92 Å². The van der Waals surface area contributed by atoms with Crippen molar-refractivity contribution in [1.82, 2.24) is 5.32 Å². The van der Waals surface area contributed by atoms with Gasteiger partial charge < -0.3 is 10.2 Å². The van der Waals surface area contributed by atoms with E-state index in [2.05, 4.69) is 49.3 Å². The van der Waals surface area contributed by atoms with E-state index in [0.29, 0.717) is 0 Å². The van der Waals surface area contributed by atoms with Gasteiger partial charge in [-0.05, 0) is 69.0 Å². The highest BCUT2D eigenvalue weighted by molar-refractivity contribution is 5.50. The summed E-state index contributed by atoms with van der Waals surface area (Å²) in [5, 5.41) is 3.43. The van der Waals surface area contributed by atoms with Gasteiger partial charge in [-0.3, -0.25) is 0 Å². The summed E-state index contributed by atoms with van der Waals surface area (Å²) in [5.41, 5.74) is 4.08. The first-order chi connectivity index (χ1) is 8.15. The van der Waals surface area contributed by atoms with E-state index in [1.807, 2.05) is 0 Å². The van der Waals surface area contributed by atoms with Crippen LogP contribution in [0.3, 0.4) is 0 Å². The van der Waals surface area contributed by atoms with E-state index in [1.54, 1.807) is 0 Å². The average molecular weight is 232 g/mol. The van der Waals surface area contributed by atoms with Gasteiger partial charge in [-0.2, -0.15) is 0 Å². The molecule has 0 radical (unpaired) electrons. The SMILES string of the molecule is Cc1cc(C)cc(N(C)CC2CCNCC2)c1. The lowest BCUT2D eigenvalue weighted by Gasteiger charge is -2.29. The summed E-state index contributed by atoms with van der Waals surface area (Å²) in [5.74, 6) is 0.849. The van der Waals surface area contributed by atoms with Gasteiger partial charge in [0.25, 0.3) is 0 Å². The first-order valence-corrected chi connectivity index (χ1v) is 6.65. The molecule has 0 atom stereocenters. The molecule has 0 saturated carbocycles.